The number of hydrogen-bond donors (Lipinski definition) is 1. The summed E-state index contributed by atoms with van der Waals surface area (Å²) in [6.07, 6.45) is 0. The fourth-order valence-corrected chi connectivity index (χ4v) is 1.41. The summed E-state index contributed by atoms with van der Waals surface area (Å²) in [5, 5.41) is 0. The van der Waals surface area contributed by atoms with E-state index in [1.54, 1.807) is 0 Å². The first kappa shape index (κ1) is 10.7. The lowest BCUT2D eigenvalue weighted by molar-refractivity contribution is 0.434. The van der Waals surface area contributed by atoms with E-state index in [9.17, 15) is 0 Å². The summed E-state index contributed by atoms with van der Waals surface area (Å²) < 4.78 is 1.11. The smallest absolute Gasteiger partial charge is 0.0175 e. The Bertz CT molecular complexity index is 275. The minimum absolute atomic E-state index is 0.0424. The largest absolute Gasteiger partial charge is 0.327 e. The monoisotopic (exact) mass is 241 g/mol. The molecule has 0 amide bonds. The molecule has 0 aliphatic rings. The van der Waals surface area contributed by atoms with Crippen molar-refractivity contribution in [3.8, 4) is 0 Å². The maximum atomic E-state index is 5.93. The number of benzene rings is 1. The molecule has 0 heterocycles. The Hall–Kier alpha value is -0.340. The van der Waals surface area contributed by atoms with Gasteiger partial charge in [0.1, 0.15) is 0 Å². The molecule has 0 spiro atoms. The van der Waals surface area contributed by atoms with E-state index in [1.165, 1.54) is 5.56 Å². The van der Waals surface area contributed by atoms with E-state index < -0.39 is 0 Å². The van der Waals surface area contributed by atoms with Gasteiger partial charge in [0, 0.05) is 15.9 Å². The van der Waals surface area contributed by atoms with Crippen LogP contribution in [0, 0.1) is 0 Å². The maximum Gasteiger partial charge on any atom is 0.0175 e. The van der Waals surface area contributed by atoms with E-state index >= 15 is 0 Å². The highest BCUT2D eigenvalue weighted by Crippen LogP contribution is 2.26. The van der Waals surface area contributed by atoms with Gasteiger partial charge in [0.25, 0.3) is 0 Å². The highest BCUT2D eigenvalue weighted by atomic mass is 79.9. The molecule has 13 heavy (non-hydrogen) atoms. The molecule has 72 valence electrons. The van der Waals surface area contributed by atoms with Crippen molar-refractivity contribution in [1.82, 2.24) is 0 Å². The average molecular weight is 242 g/mol. The van der Waals surface area contributed by atoms with Crippen molar-refractivity contribution >= 4 is 15.9 Å². The van der Waals surface area contributed by atoms with Crippen LogP contribution in [0.4, 0.5) is 0 Å². The first-order chi connectivity index (χ1) is 5.94. The minimum Gasteiger partial charge on any atom is -0.327 e. The van der Waals surface area contributed by atoms with Gasteiger partial charge in [-0.15, -0.1) is 0 Å². The van der Waals surface area contributed by atoms with Gasteiger partial charge < -0.3 is 5.73 Å². The molecule has 1 atom stereocenters. The molecule has 2 heteroatoms. The lowest BCUT2D eigenvalue weighted by Crippen LogP contribution is -2.38. The van der Waals surface area contributed by atoms with Crippen LogP contribution in [0.25, 0.3) is 0 Å². The van der Waals surface area contributed by atoms with Crippen molar-refractivity contribution < 1.29 is 0 Å². The molecule has 0 aliphatic carbocycles. The molecular formula is C11H16BrN. The third kappa shape index (κ3) is 2.32. The predicted octanol–water partition coefficient (Wildman–Crippen LogP) is 3.07. The Morgan fingerprint density at radius 2 is 1.69 bits per heavy atom. The van der Waals surface area contributed by atoms with Gasteiger partial charge in [0.05, 0.1) is 0 Å². The Morgan fingerprint density at radius 3 is 2.08 bits per heavy atom. The third-order valence-corrected chi connectivity index (χ3v) is 3.26. The van der Waals surface area contributed by atoms with Crippen LogP contribution in [0.15, 0.2) is 28.7 Å². The molecule has 0 aromatic heterocycles. The van der Waals surface area contributed by atoms with E-state index in [2.05, 4.69) is 54.0 Å². The molecule has 0 saturated heterocycles. The van der Waals surface area contributed by atoms with Crippen molar-refractivity contribution in [3.63, 3.8) is 0 Å². The van der Waals surface area contributed by atoms with Crippen molar-refractivity contribution in [1.29, 1.82) is 0 Å². The SMILES string of the molecule is CC(N)C(C)(C)c1ccc(Br)cc1. The summed E-state index contributed by atoms with van der Waals surface area (Å²) in [5.74, 6) is 0. The van der Waals surface area contributed by atoms with Crippen molar-refractivity contribution in [2.24, 2.45) is 5.73 Å². The van der Waals surface area contributed by atoms with Gasteiger partial charge in [-0.2, -0.15) is 0 Å². The van der Waals surface area contributed by atoms with Crippen LogP contribution in [0.1, 0.15) is 26.3 Å². The quantitative estimate of drug-likeness (QED) is 0.847. The van der Waals surface area contributed by atoms with E-state index in [0.717, 1.165) is 4.47 Å². The zero-order chi connectivity index (χ0) is 10.1. The second-order valence-corrected chi connectivity index (χ2v) is 4.93. The Balaban J connectivity index is 3.01. The maximum absolute atomic E-state index is 5.93. The number of hydrogen-bond acceptors (Lipinski definition) is 1. The Morgan fingerprint density at radius 1 is 1.23 bits per heavy atom. The zero-order valence-electron chi connectivity index (χ0n) is 8.34. The van der Waals surface area contributed by atoms with Crippen molar-refractivity contribution in [3.05, 3.63) is 34.3 Å². The van der Waals surface area contributed by atoms with Gasteiger partial charge in [-0.1, -0.05) is 41.9 Å². The Labute approximate surface area is 88.5 Å². The molecular weight excluding hydrogens is 226 g/mol. The van der Waals surface area contributed by atoms with E-state index in [0.29, 0.717) is 0 Å². The molecule has 1 aromatic rings. The molecule has 2 N–H and O–H groups in total. The van der Waals surface area contributed by atoms with E-state index in [4.69, 9.17) is 5.73 Å². The number of rotatable bonds is 2. The second-order valence-electron chi connectivity index (χ2n) is 4.02. The fraction of sp³-hybridized carbons (Fsp3) is 0.455. The normalized spacial score (nSPS) is 14.2. The Kier molecular flexibility index (Phi) is 3.14. The van der Waals surface area contributed by atoms with E-state index in [1.807, 2.05) is 6.92 Å². The predicted molar refractivity (Wildman–Crippen MR) is 60.8 cm³/mol. The summed E-state index contributed by atoms with van der Waals surface area (Å²) in [5.41, 5.74) is 7.25. The van der Waals surface area contributed by atoms with Crippen LogP contribution in [-0.4, -0.2) is 6.04 Å². The number of nitrogens with two attached hydrogens (primary N) is 1. The van der Waals surface area contributed by atoms with Gasteiger partial charge in [-0.3, -0.25) is 0 Å². The summed E-state index contributed by atoms with van der Waals surface area (Å²) >= 11 is 3.42. The molecule has 0 bridgehead atoms. The third-order valence-electron chi connectivity index (χ3n) is 2.73. The van der Waals surface area contributed by atoms with Crippen molar-refractivity contribution in [2.75, 3.05) is 0 Å². The minimum atomic E-state index is 0.0424. The van der Waals surface area contributed by atoms with Gasteiger partial charge in [0.15, 0.2) is 0 Å². The molecule has 1 aromatic carbocycles. The zero-order valence-corrected chi connectivity index (χ0v) is 9.93. The van der Waals surface area contributed by atoms with E-state index in [-0.39, 0.29) is 11.5 Å². The molecule has 1 rings (SSSR count). The van der Waals surface area contributed by atoms with Gasteiger partial charge in [-0.05, 0) is 24.6 Å². The summed E-state index contributed by atoms with van der Waals surface area (Å²) in [6.45, 7) is 6.38. The molecule has 0 saturated carbocycles. The fourth-order valence-electron chi connectivity index (χ4n) is 1.14. The topological polar surface area (TPSA) is 26.0 Å². The molecule has 1 nitrogen and oxygen atoms in total. The van der Waals surface area contributed by atoms with Gasteiger partial charge in [-0.25, -0.2) is 0 Å². The van der Waals surface area contributed by atoms with Crippen LogP contribution in [0.5, 0.6) is 0 Å². The molecule has 0 fully saturated rings. The van der Waals surface area contributed by atoms with Gasteiger partial charge >= 0.3 is 0 Å². The molecule has 1 unspecified atom stereocenters. The van der Waals surface area contributed by atoms with Gasteiger partial charge in [0.2, 0.25) is 0 Å². The molecule has 0 aliphatic heterocycles. The second kappa shape index (κ2) is 3.81. The van der Waals surface area contributed by atoms with Crippen molar-refractivity contribution in [2.45, 2.75) is 32.2 Å². The molecule has 0 radical (unpaired) electrons. The van der Waals surface area contributed by atoms with Crippen LogP contribution >= 0.6 is 15.9 Å². The van der Waals surface area contributed by atoms with Crippen LogP contribution in [0.2, 0.25) is 0 Å². The summed E-state index contributed by atoms with van der Waals surface area (Å²) in [7, 11) is 0. The first-order valence-corrected chi connectivity index (χ1v) is 5.25. The van der Waals surface area contributed by atoms with Crippen LogP contribution < -0.4 is 5.73 Å². The first-order valence-electron chi connectivity index (χ1n) is 4.46. The highest BCUT2D eigenvalue weighted by Gasteiger charge is 2.24. The lowest BCUT2D eigenvalue weighted by Gasteiger charge is -2.29. The number of halogens is 1. The lowest BCUT2D eigenvalue weighted by atomic mass is 9.79. The van der Waals surface area contributed by atoms with Crippen LogP contribution in [0.3, 0.4) is 0 Å². The summed E-state index contributed by atoms with van der Waals surface area (Å²) in [4.78, 5) is 0. The standard InChI is InChI=1S/C11H16BrN/c1-8(13)11(2,3)9-4-6-10(12)7-5-9/h4-8H,13H2,1-3H3. The highest BCUT2D eigenvalue weighted by molar-refractivity contribution is 9.10. The summed E-state index contributed by atoms with van der Waals surface area (Å²) in [6, 6.07) is 8.51. The van der Waals surface area contributed by atoms with Crippen LogP contribution in [-0.2, 0) is 5.41 Å². The average Bonchev–Trinajstić information content (AvgIpc) is 2.04.